The van der Waals surface area contributed by atoms with Crippen LogP contribution in [-0.2, 0) is 0 Å². The zero-order valence-electron chi connectivity index (χ0n) is 16.4. The molecule has 28 heavy (non-hydrogen) atoms. The predicted octanol–water partition coefficient (Wildman–Crippen LogP) is 4.14. The number of nitrogens with one attached hydrogen (secondary N) is 2. The lowest BCUT2D eigenvalue weighted by Crippen LogP contribution is -2.31. The van der Waals surface area contributed by atoms with Gasteiger partial charge in [-0.3, -0.25) is 5.43 Å². The van der Waals surface area contributed by atoms with E-state index in [9.17, 15) is 0 Å². The van der Waals surface area contributed by atoms with Gasteiger partial charge in [-0.05, 0) is 61.5 Å². The summed E-state index contributed by atoms with van der Waals surface area (Å²) >= 11 is 5.09. The number of hydrogen-bond donors (Lipinski definition) is 2. The van der Waals surface area contributed by atoms with Crippen molar-refractivity contribution in [1.82, 2.24) is 10.7 Å². The summed E-state index contributed by atoms with van der Waals surface area (Å²) in [5.74, 6) is 1.67. The van der Waals surface area contributed by atoms with E-state index in [0.29, 0.717) is 24.9 Å². The van der Waals surface area contributed by atoms with Crippen molar-refractivity contribution >= 4 is 23.5 Å². The predicted molar refractivity (Wildman–Crippen MR) is 119 cm³/mol. The van der Waals surface area contributed by atoms with Gasteiger partial charge in [0, 0.05) is 18.5 Å². The summed E-state index contributed by atoms with van der Waals surface area (Å²) in [5.41, 5.74) is 6.04. The van der Waals surface area contributed by atoms with E-state index < -0.39 is 0 Å². The Morgan fingerprint density at radius 3 is 2.57 bits per heavy atom. The molecule has 0 aromatic heterocycles. The molecule has 0 aliphatic carbocycles. The Kier molecular flexibility index (Phi) is 9.01. The highest BCUT2D eigenvalue weighted by atomic mass is 32.1. The summed E-state index contributed by atoms with van der Waals surface area (Å²) < 4.78 is 11.7. The molecule has 6 heteroatoms. The fourth-order valence-corrected chi connectivity index (χ4v) is 2.67. The summed E-state index contributed by atoms with van der Waals surface area (Å²) in [4.78, 5) is 0. The van der Waals surface area contributed by atoms with Crippen molar-refractivity contribution in [3.05, 3.63) is 71.8 Å². The smallest absolute Gasteiger partial charge is 0.187 e. The summed E-state index contributed by atoms with van der Waals surface area (Å²) in [7, 11) is 0. The molecule has 5 nitrogen and oxygen atoms in total. The van der Waals surface area contributed by atoms with Crippen LogP contribution in [0.25, 0.3) is 0 Å². The van der Waals surface area contributed by atoms with E-state index in [1.54, 1.807) is 12.3 Å². The lowest BCUT2D eigenvalue weighted by molar-refractivity contribution is 0.247. The van der Waals surface area contributed by atoms with Crippen LogP contribution in [0.4, 0.5) is 0 Å². The van der Waals surface area contributed by atoms with Crippen molar-refractivity contribution in [3.8, 4) is 11.5 Å². The molecular formula is C22H27N3O2S. The molecular weight excluding hydrogens is 370 g/mol. The second-order valence-corrected chi connectivity index (χ2v) is 6.69. The van der Waals surface area contributed by atoms with E-state index in [4.69, 9.17) is 21.7 Å². The topological polar surface area (TPSA) is 54.9 Å². The Balaban J connectivity index is 1.78. The van der Waals surface area contributed by atoms with E-state index in [1.807, 2.05) is 36.4 Å². The standard InChI is InChI=1S/C22H27N3O2S/c1-4-10-23-22(28)25-24-16-19-8-5-6-9-21(19)27-12-7-11-26-20-14-17(2)13-18(3)15-20/h4-6,8-9,13-16H,1,7,10-12H2,2-3H3,(H2,23,25,28)/b24-16-. The van der Waals surface area contributed by atoms with Gasteiger partial charge in [-0.15, -0.1) is 6.58 Å². The average molecular weight is 398 g/mol. The van der Waals surface area contributed by atoms with Gasteiger partial charge < -0.3 is 14.8 Å². The first-order valence-corrected chi connectivity index (χ1v) is 9.60. The Labute approximate surface area is 172 Å². The maximum Gasteiger partial charge on any atom is 0.187 e. The summed E-state index contributed by atoms with van der Waals surface area (Å²) in [6, 6.07) is 13.9. The molecule has 0 aliphatic heterocycles. The summed E-state index contributed by atoms with van der Waals surface area (Å²) in [5, 5.41) is 7.53. The molecule has 2 aromatic carbocycles. The van der Waals surface area contributed by atoms with Gasteiger partial charge in [-0.2, -0.15) is 5.10 Å². The molecule has 0 saturated carbocycles. The first-order valence-electron chi connectivity index (χ1n) is 9.19. The van der Waals surface area contributed by atoms with E-state index in [-0.39, 0.29) is 0 Å². The van der Waals surface area contributed by atoms with Crippen LogP contribution in [-0.4, -0.2) is 31.1 Å². The normalized spacial score (nSPS) is 10.5. The van der Waals surface area contributed by atoms with Gasteiger partial charge in [0.2, 0.25) is 0 Å². The molecule has 0 aliphatic rings. The van der Waals surface area contributed by atoms with Crippen molar-refractivity contribution in [2.45, 2.75) is 20.3 Å². The highest BCUT2D eigenvalue weighted by Crippen LogP contribution is 2.18. The van der Waals surface area contributed by atoms with Crippen molar-refractivity contribution in [2.75, 3.05) is 19.8 Å². The van der Waals surface area contributed by atoms with Crippen LogP contribution >= 0.6 is 12.2 Å². The number of nitrogens with zero attached hydrogens (tertiary/aromatic N) is 1. The van der Waals surface area contributed by atoms with E-state index in [1.165, 1.54) is 11.1 Å². The minimum Gasteiger partial charge on any atom is -0.493 e. The lowest BCUT2D eigenvalue weighted by Gasteiger charge is -2.11. The van der Waals surface area contributed by atoms with E-state index >= 15 is 0 Å². The van der Waals surface area contributed by atoms with Gasteiger partial charge in [-0.1, -0.05) is 24.3 Å². The third-order valence-electron chi connectivity index (χ3n) is 3.71. The van der Waals surface area contributed by atoms with Gasteiger partial charge in [0.05, 0.1) is 19.4 Å². The zero-order chi connectivity index (χ0) is 20.2. The Morgan fingerprint density at radius 1 is 1.11 bits per heavy atom. The van der Waals surface area contributed by atoms with Crippen LogP contribution in [0.2, 0.25) is 0 Å². The van der Waals surface area contributed by atoms with Gasteiger partial charge in [0.25, 0.3) is 0 Å². The Hall–Kier alpha value is -2.86. The third kappa shape index (κ3) is 7.80. The molecule has 0 saturated heterocycles. The molecule has 0 unspecified atom stereocenters. The minimum atomic E-state index is 0.443. The van der Waals surface area contributed by atoms with Gasteiger partial charge >= 0.3 is 0 Å². The van der Waals surface area contributed by atoms with E-state index in [0.717, 1.165) is 23.5 Å². The van der Waals surface area contributed by atoms with Crippen LogP contribution < -0.4 is 20.2 Å². The second-order valence-electron chi connectivity index (χ2n) is 6.28. The minimum absolute atomic E-state index is 0.443. The molecule has 0 amide bonds. The first-order chi connectivity index (χ1) is 13.6. The number of aryl methyl sites for hydroxylation is 2. The monoisotopic (exact) mass is 397 g/mol. The summed E-state index contributed by atoms with van der Waals surface area (Å²) in [6.07, 6.45) is 4.19. The number of para-hydroxylation sites is 1. The van der Waals surface area contributed by atoms with Gasteiger partial charge in [0.1, 0.15) is 11.5 Å². The van der Waals surface area contributed by atoms with Crippen molar-refractivity contribution in [3.63, 3.8) is 0 Å². The molecule has 2 rings (SSSR count). The Bertz CT molecular complexity index is 801. The number of hydrazone groups is 1. The van der Waals surface area contributed by atoms with Crippen LogP contribution in [0.15, 0.2) is 60.2 Å². The molecule has 0 spiro atoms. The maximum absolute atomic E-state index is 5.88. The fourth-order valence-electron chi connectivity index (χ4n) is 2.53. The van der Waals surface area contributed by atoms with Crippen LogP contribution in [0.1, 0.15) is 23.1 Å². The van der Waals surface area contributed by atoms with Crippen LogP contribution in [0, 0.1) is 13.8 Å². The third-order valence-corrected chi connectivity index (χ3v) is 3.94. The lowest BCUT2D eigenvalue weighted by atomic mass is 10.1. The maximum atomic E-state index is 5.88. The number of thiocarbonyl (C=S) groups is 1. The Morgan fingerprint density at radius 2 is 1.82 bits per heavy atom. The molecule has 0 radical (unpaired) electrons. The quantitative estimate of drug-likeness (QED) is 0.208. The SMILES string of the molecule is C=CCNC(=S)N/N=C\c1ccccc1OCCCOc1cc(C)cc(C)c1. The number of hydrogen-bond acceptors (Lipinski definition) is 4. The van der Waals surface area contributed by atoms with Gasteiger partial charge in [-0.25, -0.2) is 0 Å². The highest BCUT2D eigenvalue weighted by Gasteiger charge is 2.02. The second kappa shape index (κ2) is 11.8. The highest BCUT2D eigenvalue weighted by molar-refractivity contribution is 7.80. The molecule has 0 atom stereocenters. The van der Waals surface area contributed by atoms with Crippen molar-refractivity contribution in [1.29, 1.82) is 0 Å². The molecule has 148 valence electrons. The molecule has 0 fully saturated rings. The number of benzene rings is 2. The van der Waals surface area contributed by atoms with Crippen molar-refractivity contribution in [2.24, 2.45) is 5.10 Å². The average Bonchev–Trinajstić information content (AvgIpc) is 2.66. The molecule has 0 bridgehead atoms. The van der Waals surface area contributed by atoms with Gasteiger partial charge in [0.15, 0.2) is 5.11 Å². The number of rotatable bonds is 10. The largest absolute Gasteiger partial charge is 0.493 e. The molecule has 2 aromatic rings. The van der Waals surface area contributed by atoms with Crippen molar-refractivity contribution < 1.29 is 9.47 Å². The number of ether oxygens (including phenoxy) is 2. The molecule has 2 N–H and O–H groups in total. The first kappa shape index (κ1) is 21.4. The zero-order valence-corrected chi connectivity index (χ0v) is 17.2. The summed E-state index contributed by atoms with van der Waals surface area (Å²) in [6.45, 7) is 9.51. The van der Waals surface area contributed by atoms with Crippen LogP contribution in [0.3, 0.4) is 0 Å². The van der Waals surface area contributed by atoms with E-state index in [2.05, 4.69) is 42.3 Å². The fraction of sp³-hybridized carbons (Fsp3) is 0.273. The van der Waals surface area contributed by atoms with Crippen LogP contribution in [0.5, 0.6) is 11.5 Å². The molecule has 0 heterocycles.